The summed E-state index contributed by atoms with van der Waals surface area (Å²) >= 11 is 0. The minimum atomic E-state index is -0.199. The maximum absolute atomic E-state index is 12.5. The molecule has 27 heavy (non-hydrogen) atoms. The second kappa shape index (κ2) is 8.41. The maximum atomic E-state index is 12.5. The van der Waals surface area contributed by atoms with E-state index in [9.17, 15) is 4.79 Å². The first-order valence-electron chi connectivity index (χ1n) is 9.16. The summed E-state index contributed by atoms with van der Waals surface area (Å²) in [6.07, 6.45) is 0.485. The molecular formula is C21H27N3O3. The number of methoxy groups -OCH3 is 1. The molecule has 1 aliphatic heterocycles. The highest BCUT2D eigenvalue weighted by Gasteiger charge is 2.22. The van der Waals surface area contributed by atoms with Crippen LogP contribution in [0.5, 0.6) is 5.75 Å². The zero-order chi connectivity index (χ0) is 19.4. The predicted octanol–water partition coefficient (Wildman–Crippen LogP) is 3.14. The monoisotopic (exact) mass is 369 g/mol. The van der Waals surface area contributed by atoms with Crippen LogP contribution in [0.4, 0.5) is 11.4 Å². The molecule has 6 heteroatoms. The summed E-state index contributed by atoms with van der Waals surface area (Å²) in [5.74, 6) is 0.443. The van der Waals surface area contributed by atoms with Crippen molar-refractivity contribution in [2.75, 3.05) is 31.2 Å². The Hall–Kier alpha value is -2.57. The summed E-state index contributed by atoms with van der Waals surface area (Å²) in [7, 11) is 1.58. The van der Waals surface area contributed by atoms with Crippen molar-refractivity contribution in [3.05, 3.63) is 53.6 Å². The van der Waals surface area contributed by atoms with E-state index in [2.05, 4.69) is 24.1 Å². The number of carbonyl (C=O) groups is 1. The summed E-state index contributed by atoms with van der Waals surface area (Å²) in [5.41, 5.74) is 8.74. The Morgan fingerprint density at radius 3 is 2.48 bits per heavy atom. The molecule has 0 saturated carbocycles. The van der Waals surface area contributed by atoms with Gasteiger partial charge in [0.25, 0.3) is 5.91 Å². The van der Waals surface area contributed by atoms with Crippen molar-refractivity contribution in [1.82, 2.24) is 4.90 Å². The number of morpholine rings is 1. The van der Waals surface area contributed by atoms with Gasteiger partial charge in [-0.05, 0) is 43.7 Å². The zero-order valence-corrected chi connectivity index (χ0v) is 16.1. The fraction of sp³-hybridized carbons (Fsp3) is 0.381. The highest BCUT2D eigenvalue weighted by Crippen LogP contribution is 2.25. The van der Waals surface area contributed by atoms with Gasteiger partial charge in [0, 0.05) is 31.3 Å². The average Bonchev–Trinajstić information content (AvgIpc) is 2.63. The third kappa shape index (κ3) is 4.99. The van der Waals surface area contributed by atoms with Crippen LogP contribution in [0.15, 0.2) is 42.5 Å². The number of ether oxygens (including phenoxy) is 2. The molecule has 1 heterocycles. The zero-order valence-electron chi connectivity index (χ0n) is 16.1. The number of carbonyl (C=O) groups excluding carboxylic acids is 1. The first-order valence-corrected chi connectivity index (χ1v) is 9.16. The van der Waals surface area contributed by atoms with Gasteiger partial charge in [0.1, 0.15) is 5.75 Å². The third-order valence-corrected chi connectivity index (χ3v) is 4.63. The molecule has 0 aromatic heterocycles. The molecule has 3 rings (SSSR count). The lowest BCUT2D eigenvalue weighted by molar-refractivity contribution is -0.0704. The highest BCUT2D eigenvalue weighted by molar-refractivity contribution is 6.05. The standard InChI is InChI=1S/C21H27N3O3/c1-14-11-24(12-15(2)27-14)13-16-4-6-17(7-5-16)21(25)23-20-10-18(26-3)8-9-19(20)22/h4-10,14-15H,11-13,22H2,1-3H3,(H,23,25). The Bertz CT molecular complexity index is 782. The van der Waals surface area contributed by atoms with Gasteiger partial charge in [-0.1, -0.05) is 12.1 Å². The number of hydrogen-bond donors (Lipinski definition) is 2. The summed E-state index contributed by atoms with van der Waals surface area (Å²) < 4.78 is 11.0. The number of anilines is 2. The van der Waals surface area contributed by atoms with Crippen LogP contribution in [0, 0.1) is 0 Å². The fourth-order valence-electron chi connectivity index (χ4n) is 3.40. The molecule has 0 aliphatic carbocycles. The second-order valence-electron chi connectivity index (χ2n) is 7.06. The Balaban J connectivity index is 1.64. The van der Waals surface area contributed by atoms with Crippen LogP contribution in [-0.2, 0) is 11.3 Å². The highest BCUT2D eigenvalue weighted by atomic mass is 16.5. The molecule has 1 fully saturated rings. The Morgan fingerprint density at radius 1 is 1.19 bits per heavy atom. The van der Waals surface area contributed by atoms with Gasteiger partial charge < -0.3 is 20.5 Å². The topological polar surface area (TPSA) is 76.8 Å². The van der Waals surface area contributed by atoms with Crippen molar-refractivity contribution >= 4 is 17.3 Å². The molecule has 1 saturated heterocycles. The molecule has 2 aromatic rings. The van der Waals surface area contributed by atoms with Gasteiger partial charge in [-0.15, -0.1) is 0 Å². The van der Waals surface area contributed by atoms with Gasteiger partial charge in [0.15, 0.2) is 0 Å². The van der Waals surface area contributed by atoms with Crippen molar-refractivity contribution < 1.29 is 14.3 Å². The maximum Gasteiger partial charge on any atom is 0.255 e. The normalized spacial score (nSPS) is 20.3. The minimum Gasteiger partial charge on any atom is -0.497 e. The van der Waals surface area contributed by atoms with Crippen molar-refractivity contribution in [3.63, 3.8) is 0 Å². The number of rotatable bonds is 5. The molecular weight excluding hydrogens is 342 g/mol. The van der Waals surface area contributed by atoms with E-state index in [0.29, 0.717) is 22.7 Å². The number of benzene rings is 2. The SMILES string of the molecule is COc1ccc(N)c(NC(=O)c2ccc(CN3CC(C)OC(C)C3)cc2)c1. The lowest BCUT2D eigenvalue weighted by Crippen LogP contribution is -2.44. The van der Waals surface area contributed by atoms with Crippen molar-refractivity contribution in [2.24, 2.45) is 0 Å². The first-order chi connectivity index (χ1) is 12.9. The van der Waals surface area contributed by atoms with E-state index in [1.165, 1.54) is 5.56 Å². The Morgan fingerprint density at radius 2 is 1.85 bits per heavy atom. The van der Waals surface area contributed by atoms with E-state index in [-0.39, 0.29) is 18.1 Å². The largest absolute Gasteiger partial charge is 0.497 e. The summed E-state index contributed by atoms with van der Waals surface area (Å²) in [6, 6.07) is 12.9. The van der Waals surface area contributed by atoms with Crippen molar-refractivity contribution in [1.29, 1.82) is 0 Å². The molecule has 2 aromatic carbocycles. The molecule has 1 amide bonds. The predicted molar refractivity (Wildman–Crippen MR) is 107 cm³/mol. The lowest BCUT2D eigenvalue weighted by Gasteiger charge is -2.35. The van der Waals surface area contributed by atoms with Crippen LogP contribution in [0.3, 0.4) is 0 Å². The molecule has 0 spiro atoms. The van der Waals surface area contributed by atoms with Crippen LogP contribution in [0.2, 0.25) is 0 Å². The van der Waals surface area contributed by atoms with Crippen molar-refractivity contribution in [3.8, 4) is 5.75 Å². The number of nitrogens with two attached hydrogens (primary N) is 1. The smallest absolute Gasteiger partial charge is 0.255 e. The molecule has 0 bridgehead atoms. The summed E-state index contributed by atoms with van der Waals surface area (Å²) in [6.45, 7) is 6.88. The first kappa shape index (κ1) is 19.2. The summed E-state index contributed by atoms with van der Waals surface area (Å²) in [4.78, 5) is 14.9. The second-order valence-corrected chi connectivity index (χ2v) is 7.06. The molecule has 144 valence electrons. The van der Waals surface area contributed by atoms with Crippen molar-refractivity contribution in [2.45, 2.75) is 32.6 Å². The van der Waals surface area contributed by atoms with E-state index >= 15 is 0 Å². The van der Waals surface area contributed by atoms with Crippen LogP contribution >= 0.6 is 0 Å². The molecule has 6 nitrogen and oxygen atoms in total. The Kier molecular flexibility index (Phi) is 5.98. The molecule has 1 aliphatic rings. The molecule has 3 N–H and O–H groups in total. The van der Waals surface area contributed by atoms with E-state index in [1.807, 2.05) is 24.3 Å². The van der Waals surface area contributed by atoms with Crippen LogP contribution in [-0.4, -0.2) is 43.2 Å². The van der Waals surface area contributed by atoms with E-state index < -0.39 is 0 Å². The van der Waals surface area contributed by atoms with Gasteiger partial charge in [-0.25, -0.2) is 0 Å². The summed E-state index contributed by atoms with van der Waals surface area (Å²) in [5, 5.41) is 2.84. The number of nitrogens with zero attached hydrogens (tertiary/aromatic N) is 1. The minimum absolute atomic E-state index is 0.199. The third-order valence-electron chi connectivity index (χ3n) is 4.63. The molecule has 2 atom stereocenters. The lowest BCUT2D eigenvalue weighted by atomic mass is 10.1. The van der Waals surface area contributed by atoms with Gasteiger partial charge in [0.05, 0.1) is 30.7 Å². The number of nitrogen functional groups attached to an aromatic ring is 1. The number of hydrogen-bond acceptors (Lipinski definition) is 5. The quantitative estimate of drug-likeness (QED) is 0.792. The van der Waals surface area contributed by atoms with Crippen LogP contribution in [0.25, 0.3) is 0 Å². The molecule has 2 unspecified atom stereocenters. The van der Waals surface area contributed by atoms with E-state index in [1.54, 1.807) is 25.3 Å². The fourth-order valence-corrected chi connectivity index (χ4v) is 3.40. The molecule has 0 radical (unpaired) electrons. The van der Waals surface area contributed by atoms with Crippen LogP contribution in [0.1, 0.15) is 29.8 Å². The van der Waals surface area contributed by atoms with Gasteiger partial charge in [0.2, 0.25) is 0 Å². The van der Waals surface area contributed by atoms with E-state index in [4.69, 9.17) is 15.2 Å². The van der Waals surface area contributed by atoms with Gasteiger partial charge in [-0.3, -0.25) is 9.69 Å². The average molecular weight is 369 g/mol. The number of nitrogens with one attached hydrogen (secondary N) is 1. The van der Waals surface area contributed by atoms with Gasteiger partial charge >= 0.3 is 0 Å². The van der Waals surface area contributed by atoms with Crippen LogP contribution < -0.4 is 15.8 Å². The Labute approximate surface area is 160 Å². The van der Waals surface area contributed by atoms with Gasteiger partial charge in [-0.2, -0.15) is 0 Å². The van der Waals surface area contributed by atoms with E-state index in [0.717, 1.165) is 19.6 Å². The number of amides is 1.